The fourth-order valence-electron chi connectivity index (χ4n) is 6.62. The van der Waals surface area contributed by atoms with Crippen molar-refractivity contribution in [3.63, 3.8) is 0 Å². The van der Waals surface area contributed by atoms with E-state index in [2.05, 4.69) is 57.3 Å². The minimum Gasteiger partial charge on any atom is -0.463 e. The number of carbonyl (C=O) groups excluding carboxylic acids is 2. The molecule has 1 atom stereocenters. The molecule has 3 rings (SSSR count). The Bertz CT molecular complexity index is 1560. The minimum absolute atomic E-state index is 0.0298. The molecule has 0 saturated heterocycles. The maximum Gasteiger partial charge on any atom is 0.432 e. The Hall–Kier alpha value is -3.96. The van der Waals surface area contributed by atoms with Gasteiger partial charge in [-0.15, -0.1) is 0 Å². The average molecular weight is 693 g/mol. The van der Waals surface area contributed by atoms with E-state index in [1.807, 2.05) is 57.2 Å². The standard InChI is InChI=1S/C38H56N4O6Si/c1-24(2)49(25(3)4,26(5)6)47-23-27-13-15-28(16-14-27)31(21-39-35(44)48-38(10,11)12)34(43)40-30-19-17-29(18-20-30)32-22-42(36(45)46)41-33(32)37(7,8)9/h13-20,22,24-26,31H,21,23H2,1-12H3,(H,39,44)(H,40,43)(H,45,46). The van der Waals surface area contributed by atoms with Gasteiger partial charge in [-0.2, -0.15) is 9.78 Å². The number of carboxylic acid groups (broad SMARTS) is 1. The molecule has 3 N–H and O–H groups in total. The van der Waals surface area contributed by atoms with Crippen LogP contribution in [-0.4, -0.2) is 53.4 Å². The Morgan fingerprint density at radius 2 is 1.41 bits per heavy atom. The topological polar surface area (TPSA) is 132 Å². The fourth-order valence-corrected chi connectivity index (χ4v) is 12.0. The van der Waals surface area contributed by atoms with Crippen LogP contribution in [0.5, 0.6) is 0 Å². The number of carbonyl (C=O) groups is 3. The van der Waals surface area contributed by atoms with Gasteiger partial charge in [0.05, 0.1) is 18.2 Å². The van der Waals surface area contributed by atoms with Crippen molar-refractivity contribution < 1.29 is 28.7 Å². The summed E-state index contributed by atoms with van der Waals surface area (Å²) in [5, 5.41) is 19.6. The number of amides is 2. The van der Waals surface area contributed by atoms with Gasteiger partial charge in [0.25, 0.3) is 0 Å². The van der Waals surface area contributed by atoms with Crippen LogP contribution in [0.2, 0.25) is 16.6 Å². The van der Waals surface area contributed by atoms with Crippen LogP contribution in [0, 0.1) is 0 Å². The lowest BCUT2D eigenvalue weighted by Crippen LogP contribution is -2.47. The van der Waals surface area contributed by atoms with Gasteiger partial charge in [0.1, 0.15) is 5.60 Å². The number of rotatable bonds is 12. The highest BCUT2D eigenvalue weighted by molar-refractivity contribution is 6.77. The molecule has 0 aliphatic carbocycles. The van der Waals surface area contributed by atoms with Crippen molar-refractivity contribution in [2.45, 2.75) is 123 Å². The number of hydrogen-bond donors (Lipinski definition) is 3. The molecule has 0 fully saturated rings. The zero-order chi connectivity index (χ0) is 36.9. The van der Waals surface area contributed by atoms with Gasteiger partial charge in [-0.1, -0.05) is 98.7 Å². The van der Waals surface area contributed by atoms with E-state index in [1.54, 1.807) is 32.9 Å². The van der Waals surface area contributed by atoms with Crippen LogP contribution in [0.1, 0.15) is 106 Å². The second kappa shape index (κ2) is 15.7. The molecule has 0 radical (unpaired) electrons. The zero-order valence-corrected chi connectivity index (χ0v) is 32.3. The summed E-state index contributed by atoms with van der Waals surface area (Å²) in [4.78, 5) is 38.0. The molecule has 0 spiro atoms. The Morgan fingerprint density at radius 1 is 0.857 bits per heavy atom. The second-order valence-corrected chi connectivity index (χ2v) is 21.2. The summed E-state index contributed by atoms with van der Waals surface area (Å²) in [7, 11) is -2.05. The van der Waals surface area contributed by atoms with E-state index < -0.39 is 32.0 Å². The molecule has 0 aliphatic rings. The third-order valence-corrected chi connectivity index (χ3v) is 14.9. The molecular weight excluding hydrogens is 637 g/mol. The Balaban J connectivity index is 1.85. The molecule has 10 nitrogen and oxygen atoms in total. The molecule has 0 aliphatic heterocycles. The molecule has 0 bridgehead atoms. The van der Waals surface area contributed by atoms with Gasteiger partial charge >= 0.3 is 12.2 Å². The third-order valence-electron chi connectivity index (χ3n) is 8.83. The molecule has 11 heteroatoms. The van der Waals surface area contributed by atoms with Gasteiger partial charge in [-0.05, 0) is 66.2 Å². The van der Waals surface area contributed by atoms with Crippen LogP contribution in [0.15, 0.2) is 54.7 Å². The van der Waals surface area contributed by atoms with Crippen molar-refractivity contribution in [2.75, 3.05) is 11.9 Å². The highest BCUT2D eigenvalue weighted by atomic mass is 28.4. The number of hydrogen-bond acceptors (Lipinski definition) is 6. The quantitative estimate of drug-likeness (QED) is 0.161. The van der Waals surface area contributed by atoms with Crippen LogP contribution < -0.4 is 10.6 Å². The summed E-state index contributed by atoms with van der Waals surface area (Å²) in [5.41, 5.74) is 4.79. The number of benzene rings is 2. The fraction of sp³-hybridized carbons (Fsp3) is 0.526. The molecule has 1 unspecified atom stereocenters. The van der Waals surface area contributed by atoms with E-state index in [1.165, 1.54) is 6.20 Å². The Labute approximate surface area is 293 Å². The molecule has 2 amide bonds. The van der Waals surface area contributed by atoms with E-state index in [0.717, 1.165) is 21.4 Å². The molecule has 1 heterocycles. The number of ether oxygens (including phenoxy) is 1. The first-order valence-electron chi connectivity index (χ1n) is 17.1. The average Bonchev–Trinajstić information content (AvgIpc) is 3.44. The van der Waals surface area contributed by atoms with Crippen molar-refractivity contribution in [3.05, 3.63) is 71.5 Å². The summed E-state index contributed by atoms with van der Waals surface area (Å²) >= 11 is 0. The van der Waals surface area contributed by atoms with E-state index in [-0.39, 0.29) is 17.9 Å². The number of anilines is 1. The van der Waals surface area contributed by atoms with Gasteiger partial charge < -0.3 is 24.9 Å². The molecule has 3 aromatic rings. The summed E-state index contributed by atoms with van der Waals surface area (Å²) < 4.78 is 13.1. The van der Waals surface area contributed by atoms with E-state index in [4.69, 9.17) is 9.16 Å². The highest BCUT2D eigenvalue weighted by Gasteiger charge is 2.45. The number of alkyl carbamates (subject to hydrolysis) is 1. The first-order valence-corrected chi connectivity index (χ1v) is 19.2. The van der Waals surface area contributed by atoms with Crippen LogP contribution in [0.25, 0.3) is 11.1 Å². The van der Waals surface area contributed by atoms with E-state index in [0.29, 0.717) is 40.2 Å². The van der Waals surface area contributed by atoms with Crippen molar-refractivity contribution in [1.82, 2.24) is 15.1 Å². The molecule has 1 aromatic heterocycles. The molecule has 0 saturated carbocycles. The monoisotopic (exact) mass is 692 g/mol. The van der Waals surface area contributed by atoms with Crippen LogP contribution in [-0.2, 0) is 26.0 Å². The summed E-state index contributed by atoms with van der Waals surface area (Å²) in [6.07, 6.45) is -0.266. The Morgan fingerprint density at radius 3 is 1.88 bits per heavy atom. The number of aromatic nitrogens is 2. The number of nitrogens with one attached hydrogen (secondary N) is 2. The lowest BCUT2D eigenvalue weighted by atomic mass is 9.87. The van der Waals surface area contributed by atoms with Crippen molar-refractivity contribution in [3.8, 4) is 11.1 Å². The van der Waals surface area contributed by atoms with Gasteiger partial charge in [0, 0.05) is 29.4 Å². The van der Waals surface area contributed by atoms with Crippen molar-refractivity contribution >= 4 is 32.1 Å². The van der Waals surface area contributed by atoms with Crippen molar-refractivity contribution in [2.24, 2.45) is 0 Å². The lowest BCUT2D eigenvalue weighted by Gasteiger charge is -2.42. The van der Waals surface area contributed by atoms with E-state index >= 15 is 0 Å². The predicted octanol–water partition coefficient (Wildman–Crippen LogP) is 9.31. The molecule has 49 heavy (non-hydrogen) atoms. The maximum atomic E-state index is 13.8. The predicted molar refractivity (Wildman–Crippen MR) is 198 cm³/mol. The van der Waals surface area contributed by atoms with E-state index in [9.17, 15) is 19.5 Å². The van der Waals surface area contributed by atoms with Gasteiger partial charge in [-0.25, -0.2) is 9.59 Å². The first kappa shape index (κ1) is 39.5. The smallest absolute Gasteiger partial charge is 0.432 e. The lowest BCUT2D eigenvalue weighted by molar-refractivity contribution is -0.117. The molecule has 2 aromatic carbocycles. The van der Waals surface area contributed by atoms with Crippen LogP contribution >= 0.6 is 0 Å². The third kappa shape index (κ3) is 10.0. The number of nitrogens with zero attached hydrogens (tertiary/aromatic N) is 2. The van der Waals surface area contributed by atoms with Gasteiger partial charge in [0.15, 0.2) is 0 Å². The largest absolute Gasteiger partial charge is 0.463 e. The van der Waals surface area contributed by atoms with Gasteiger partial charge in [-0.3, -0.25) is 4.79 Å². The highest BCUT2D eigenvalue weighted by Crippen LogP contribution is 2.43. The SMILES string of the molecule is CC(C)[Si](OCc1ccc(C(CNC(=O)OC(C)(C)C)C(=O)Nc2ccc(-c3cn(C(=O)O)nc3C(C)(C)C)cc2)cc1)(C(C)C)C(C)C. The van der Waals surface area contributed by atoms with Crippen LogP contribution in [0.4, 0.5) is 15.3 Å². The Kier molecular flexibility index (Phi) is 12.7. The summed E-state index contributed by atoms with van der Waals surface area (Å²) in [5.74, 6) is -1.01. The normalized spacial score (nSPS) is 13.1. The maximum absolute atomic E-state index is 13.8. The first-order chi connectivity index (χ1) is 22.7. The summed E-state index contributed by atoms with van der Waals surface area (Å²) in [6, 6.07) is 15.0. The van der Waals surface area contributed by atoms with Crippen molar-refractivity contribution in [1.29, 1.82) is 0 Å². The second-order valence-electron chi connectivity index (χ2n) is 15.7. The van der Waals surface area contributed by atoms with Crippen LogP contribution in [0.3, 0.4) is 0 Å². The van der Waals surface area contributed by atoms with Gasteiger partial charge in [0.2, 0.25) is 14.2 Å². The summed E-state index contributed by atoms with van der Waals surface area (Å²) in [6.45, 7) is 25.4. The zero-order valence-electron chi connectivity index (χ0n) is 31.3. The molecule has 268 valence electrons. The molecular formula is C38H56N4O6Si. The minimum atomic E-state index is -2.05.